The Kier molecular flexibility index (Phi) is 8.87. The lowest BCUT2D eigenvalue weighted by Crippen LogP contribution is -2.52. The van der Waals surface area contributed by atoms with E-state index in [2.05, 4.69) is 62.1 Å². The van der Waals surface area contributed by atoms with Crippen LogP contribution in [0, 0.1) is 0 Å². The highest BCUT2D eigenvalue weighted by molar-refractivity contribution is 5.79. The van der Waals surface area contributed by atoms with Crippen LogP contribution in [0.5, 0.6) is 0 Å². The molecule has 6 heteroatoms. The molecule has 0 amide bonds. The number of rotatable bonds is 8. The molecule has 0 aliphatic carbocycles. The zero-order chi connectivity index (χ0) is 17.3. The average molecular weight is 328 g/mol. The Bertz CT molecular complexity index is 351. The summed E-state index contributed by atoms with van der Waals surface area (Å²) in [4.78, 5) is 9.59. The van der Waals surface area contributed by atoms with Gasteiger partial charge in [-0.3, -0.25) is 9.89 Å². The standard InChI is InChI=1S/C17H37N5O/c1-7-18-16(19-8-9-21(6)15(2)3)20-14-17(4,5)22-10-12-23-13-11-22/h15H,7-14H2,1-6H3,(H2,18,19,20). The third-order valence-electron chi connectivity index (χ3n) is 4.47. The van der Waals surface area contributed by atoms with E-state index in [1.54, 1.807) is 0 Å². The third-order valence-corrected chi connectivity index (χ3v) is 4.47. The molecular weight excluding hydrogens is 290 g/mol. The highest BCUT2D eigenvalue weighted by Crippen LogP contribution is 2.16. The molecule has 1 fully saturated rings. The van der Waals surface area contributed by atoms with Gasteiger partial charge in [-0.25, -0.2) is 0 Å². The lowest BCUT2D eigenvalue weighted by atomic mass is 10.0. The van der Waals surface area contributed by atoms with Gasteiger partial charge in [-0.05, 0) is 41.7 Å². The minimum absolute atomic E-state index is 0.0564. The van der Waals surface area contributed by atoms with Crippen molar-refractivity contribution in [3.63, 3.8) is 0 Å². The van der Waals surface area contributed by atoms with E-state index < -0.39 is 0 Å². The van der Waals surface area contributed by atoms with Crippen LogP contribution in [-0.4, -0.2) is 86.9 Å². The molecule has 0 bridgehead atoms. The Morgan fingerprint density at radius 1 is 1.26 bits per heavy atom. The monoisotopic (exact) mass is 327 g/mol. The van der Waals surface area contributed by atoms with Crippen molar-refractivity contribution < 1.29 is 4.74 Å². The summed E-state index contributed by atoms with van der Waals surface area (Å²) in [5.41, 5.74) is 0.0564. The van der Waals surface area contributed by atoms with Crippen LogP contribution in [0.2, 0.25) is 0 Å². The molecule has 0 aromatic rings. The summed E-state index contributed by atoms with van der Waals surface area (Å²) in [6.07, 6.45) is 0. The fourth-order valence-electron chi connectivity index (χ4n) is 2.49. The summed E-state index contributed by atoms with van der Waals surface area (Å²) in [7, 11) is 2.15. The number of aliphatic imine (C=N–C) groups is 1. The van der Waals surface area contributed by atoms with Gasteiger partial charge in [0, 0.05) is 44.3 Å². The first-order valence-electron chi connectivity index (χ1n) is 8.92. The maximum atomic E-state index is 5.45. The number of guanidine groups is 1. The molecule has 136 valence electrons. The van der Waals surface area contributed by atoms with E-state index in [1.165, 1.54) is 0 Å². The molecule has 1 aliphatic heterocycles. The predicted molar refractivity (Wildman–Crippen MR) is 98.2 cm³/mol. The zero-order valence-corrected chi connectivity index (χ0v) is 16.0. The van der Waals surface area contributed by atoms with Gasteiger partial charge in [0.1, 0.15) is 0 Å². The second-order valence-electron chi connectivity index (χ2n) is 7.11. The van der Waals surface area contributed by atoms with Crippen LogP contribution in [0.4, 0.5) is 0 Å². The van der Waals surface area contributed by atoms with Gasteiger partial charge < -0.3 is 20.3 Å². The SMILES string of the molecule is CCNC(=NCC(C)(C)N1CCOCC1)NCCN(C)C(C)C. The van der Waals surface area contributed by atoms with E-state index in [0.717, 1.165) is 58.4 Å². The molecule has 0 atom stereocenters. The lowest BCUT2D eigenvalue weighted by molar-refractivity contribution is -0.00683. The van der Waals surface area contributed by atoms with E-state index in [9.17, 15) is 0 Å². The molecule has 0 unspecified atom stereocenters. The molecule has 2 N–H and O–H groups in total. The third kappa shape index (κ3) is 7.50. The fraction of sp³-hybridized carbons (Fsp3) is 0.941. The quantitative estimate of drug-likeness (QED) is 0.514. The van der Waals surface area contributed by atoms with Crippen molar-refractivity contribution in [2.45, 2.75) is 46.2 Å². The molecule has 1 aliphatic rings. The van der Waals surface area contributed by atoms with Crippen molar-refractivity contribution in [3.8, 4) is 0 Å². The molecule has 6 nitrogen and oxygen atoms in total. The Morgan fingerprint density at radius 3 is 2.48 bits per heavy atom. The normalized spacial score (nSPS) is 17.8. The second-order valence-corrected chi connectivity index (χ2v) is 7.11. The Balaban J connectivity index is 2.49. The van der Waals surface area contributed by atoms with Gasteiger partial charge in [0.2, 0.25) is 0 Å². The summed E-state index contributed by atoms with van der Waals surface area (Å²) >= 11 is 0. The Hall–Kier alpha value is -0.850. The molecule has 1 rings (SSSR count). The van der Waals surface area contributed by atoms with Crippen LogP contribution >= 0.6 is 0 Å². The van der Waals surface area contributed by atoms with Gasteiger partial charge in [-0.15, -0.1) is 0 Å². The maximum Gasteiger partial charge on any atom is 0.191 e. The molecule has 0 spiro atoms. The minimum atomic E-state index is 0.0564. The van der Waals surface area contributed by atoms with Crippen LogP contribution in [0.1, 0.15) is 34.6 Å². The number of nitrogens with zero attached hydrogens (tertiary/aromatic N) is 3. The highest BCUT2D eigenvalue weighted by atomic mass is 16.5. The van der Waals surface area contributed by atoms with Gasteiger partial charge in [0.05, 0.1) is 19.8 Å². The van der Waals surface area contributed by atoms with Gasteiger partial charge in [-0.1, -0.05) is 0 Å². The van der Waals surface area contributed by atoms with E-state index >= 15 is 0 Å². The largest absolute Gasteiger partial charge is 0.379 e. The number of ether oxygens (including phenoxy) is 1. The van der Waals surface area contributed by atoms with E-state index in [1.807, 2.05) is 0 Å². The molecule has 23 heavy (non-hydrogen) atoms. The number of morpholine rings is 1. The minimum Gasteiger partial charge on any atom is -0.379 e. The average Bonchev–Trinajstić information content (AvgIpc) is 2.53. The van der Waals surface area contributed by atoms with Crippen molar-refractivity contribution in [2.24, 2.45) is 4.99 Å². The molecular formula is C17H37N5O. The number of likely N-dealkylation sites (N-methyl/N-ethyl adjacent to an activating group) is 1. The van der Waals surface area contributed by atoms with Crippen molar-refractivity contribution >= 4 is 5.96 Å². The van der Waals surface area contributed by atoms with Crippen molar-refractivity contribution in [3.05, 3.63) is 0 Å². The lowest BCUT2D eigenvalue weighted by Gasteiger charge is -2.39. The topological polar surface area (TPSA) is 52.1 Å². The first-order chi connectivity index (χ1) is 10.9. The Labute approximate surface area is 142 Å². The first kappa shape index (κ1) is 20.2. The number of hydrogen-bond donors (Lipinski definition) is 2. The maximum absolute atomic E-state index is 5.45. The molecule has 0 aromatic heterocycles. The predicted octanol–water partition coefficient (Wildman–Crippen LogP) is 0.993. The molecule has 0 radical (unpaired) electrons. The summed E-state index contributed by atoms with van der Waals surface area (Å²) in [5, 5.41) is 6.77. The number of hydrogen-bond acceptors (Lipinski definition) is 4. The molecule has 0 saturated carbocycles. The van der Waals surface area contributed by atoms with Crippen LogP contribution in [0.15, 0.2) is 4.99 Å². The van der Waals surface area contributed by atoms with Crippen molar-refractivity contribution in [1.29, 1.82) is 0 Å². The van der Waals surface area contributed by atoms with Crippen LogP contribution in [-0.2, 0) is 4.74 Å². The smallest absolute Gasteiger partial charge is 0.191 e. The molecule has 0 aromatic carbocycles. The van der Waals surface area contributed by atoms with Gasteiger partial charge in [0.25, 0.3) is 0 Å². The summed E-state index contributed by atoms with van der Waals surface area (Å²) in [6.45, 7) is 18.3. The van der Waals surface area contributed by atoms with Crippen LogP contribution < -0.4 is 10.6 Å². The summed E-state index contributed by atoms with van der Waals surface area (Å²) in [6, 6.07) is 0.566. The van der Waals surface area contributed by atoms with Gasteiger partial charge in [-0.2, -0.15) is 0 Å². The number of nitrogens with one attached hydrogen (secondary N) is 2. The summed E-state index contributed by atoms with van der Waals surface area (Å²) < 4.78 is 5.45. The zero-order valence-electron chi connectivity index (χ0n) is 16.0. The van der Waals surface area contributed by atoms with Gasteiger partial charge in [0.15, 0.2) is 5.96 Å². The molecule has 1 saturated heterocycles. The first-order valence-corrected chi connectivity index (χ1v) is 8.92. The second kappa shape index (κ2) is 10.1. The van der Waals surface area contributed by atoms with Crippen molar-refractivity contribution in [2.75, 3.05) is 59.5 Å². The van der Waals surface area contributed by atoms with Crippen LogP contribution in [0.3, 0.4) is 0 Å². The van der Waals surface area contributed by atoms with Gasteiger partial charge >= 0.3 is 0 Å². The van der Waals surface area contributed by atoms with Crippen LogP contribution in [0.25, 0.3) is 0 Å². The Morgan fingerprint density at radius 2 is 1.91 bits per heavy atom. The fourth-order valence-corrected chi connectivity index (χ4v) is 2.49. The van der Waals surface area contributed by atoms with E-state index in [-0.39, 0.29) is 5.54 Å². The van der Waals surface area contributed by atoms with E-state index in [0.29, 0.717) is 6.04 Å². The van der Waals surface area contributed by atoms with Crippen molar-refractivity contribution in [1.82, 2.24) is 20.4 Å². The summed E-state index contributed by atoms with van der Waals surface area (Å²) in [5.74, 6) is 0.908. The highest BCUT2D eigenvalue weighted by Gasteiger charge is 2.28. The molecule has 1 heterocycles. The van der Waals surface area contributed by atoms with E-state index in [4.69, 9.17) is 9.73 Å².